The van der Waals surface area contributed by atoms with Gasteiger partial charge in [-0.1, -0.05) is 69.8 Å². The summed E-state index contributed by atoms with van der Waals surface area (Å²) in [6, 6.07) is 15.4. The van der Waals surface area contributed by atoms with Crippen LogP contribution < -0.4 is 21.7 Å². The molecule has 0 aliphatic heterocycles. The number of nitrogens with one attached hydrogen (secondary N) is 3. The van der Waals surface area contributed by atoms with Crippen molar-refractivity contribution in [3.63, 3.8) is 0 Å². The highest BCUT2D eigenvalue weighted by molar-refractivity contribution is 5.85. The van der Waals surface area contributed by atoms with Gasteiger partial charge in [-0.2, -0.15) is 0 Å². The number of hydrogen-bond acceptors (Lipinski definition) is 5. The molecule has 2 aromatic carbocycles. The van der Waals surface area contributed by atoms with Gasteiger partial charge in [0.25, 0.3) is 0 Å². The van der Waals surface area contributed by atoms with E-state index in [0.717, 1.165) is 11.1 Å². The second-order valence-electron chi connectivity index (χ2n) is 7.67. The summed E-state index contributed by atoms with van der Waals surface area (Å²) in [6.07, 6.45) is 0.626. The largest absolute Gasteiger partial charge is 0.449 e. The Morgan fingerprint density at radius 1 is 0.972 bits per heavy atom. The van der Waals surface area contributed by atoms with Crippen LogP contribution >= 0.6 is 0 Å². The normalized spacial score (nSPS) is 12.8. The molecule has 2 aromatic rings. The molecule has 0 radical (unpaired) electrons. The minimum absolute atomic E-state index is 0. The van der Waals surface area contributed by atoms with E-state index in [4.69, 9.17) is 11.8 Å². The lowest BCUT2D eigenvalue weighted by Crippen LogP contribution is -2.45. The van der Waals surface area contributed by atoms with Gasteiger partial charge in [0.1, 0.15) is 12.6 Å². The summed E-state index contributed by atoms with van der Waals surface area (Å²) in [5, 5.41) is 7.60. The van der Waals surface area contributed by atoms with Crippen LogP contribution in [0.15, 0.2) is 48.5 Å². The van der Waals surface area contributed by atoms with Gasteiger partial charge in [0.15, 0.2) is 0 Å². The van der Waals surface area contributed by atoms with Crippen molar-refractivity contribution in [2.24, 2.45) is 5.73 Å². The molecule has 0 heterocycles. The third kappa shape index (κ3) is 8.64. The average molecular weight is 506 g/mol. The average Bonchev–Trinajstić information content (AvgIpc) is 3.23. The fourth-order valence-electron chi connectivity index (χ4n) is 3.68. The molecule has 8 nitrogen and oxygen atoms in total. The van der Waals surface area contributed by atoms with Crippen LogP contribution in [0.3, 0.4) is 0 Å². The van der Waals surface area contributed by atoms with E-state index in [9.17, 15) is 18.8 Å². The predicted molar refractivity (Wildman–Crippen MR) is 142 cm³/mol. The van der Waals surface area contributed by atoms with Crippen molar-refractivity contribution in [2.45, 2.75) is 52.1 Å². The van der Waals surface area contributed by atoms with Crippen molar-refractivity contribution in [3.8, 4) is 11.1 Å². The molecule has 0 saturated carbocycles. The fraction of sp³-hybridized carbons (Fsp3) is 0.444. The number of benzene rings is 2. The van der Waals surface area contributed by atoms with Gasteiger partial charge in [-0.25, -0.2) is 4.79 Å². The predicted octanol–water partition coefficient (Wildman–Crippen LogP) is 3.74. The number of alkyl halides is 1. The molecule has 3 amide bonds. The van der Waals surface area contributed by atoms with Crippen LogP contribution in [-0.2, 0) is 14.3 Å². The van der Waals surface area contributed by atoms with Crippen molar-refractivity contribution in [1.29, 1.82) is 0 Å². The summed E-state index contributed by atoms with van der Waals surface area (Å²) in [4.78, 5) is 34.3. The number of fused-ring (bicyclic) bond motifs is 3. The first kappa shape index (κ1) is 30.6. The van der Waals surface area contributed by atoms with Gasteiger partial charge in [0, 0.05) is 20.0 Å². The number of hydrogen-bond donors (Lipinski definition) is 4. The second-order valence-corrected chi connectivity index (χ2v) is 7.67. The van der Waals surface area contributed by atoms with E-state index in [-0.39, 0.29) is 37.8 Å². The van der Waals surface area contributed by atoms with Crippen LogP contribution in [0.1, 0.15) is 52.5 Å². The smallest absolute Gasteiger partial charge is 0.407 e. The number of rotatable bonds is 7. The SMILES string of the molecule is C.CCC(N)C(=O)NC.CCC(NC(=O)OCC1c2ccccc2-c2ccccc21)C(=O)NC.[2H]CF. The first-order valence-corrected chi connectivity index (χ1v) is 11.4. The van der Waals surface area contributed by atoms with Gasteiger partial charge in [0.2, 0.25) is 11.8 Å². The Bertz CT molecular complexity index is 947. The lowest BCUT2D eigenvalue weighted by Gasteiger charge is -2.18. The number of halogens is 1. The Kier molecular flexibility index (Phi) is 14.5. The van der Waals surface area contributed by atoms with E-state index >= 15 is 0 Å². The van der Waals surface area contributed by atoms with Crippen molar-refractivity contribution in [3.05, 3.63) is 59.7 Å². The van der Waals surface area contributed by atoms with Gasteiger partial charge in [-0.05, 0) is 35.1 Å². The molecule has 2 unspecified atom stereocenters. The molecular formula is C27H41FN4O4. The van der Waals surface area contributed by atoms with Gasteiger partial charge in [0.05, 0.1) is 14.6 Å². The zero-order chi connectivity index (χ0) is 27.1. The number of amides is 3. The summed E-state index contributed by atoms with van der Waals surface area (Å²) < 4.78 is 20.9. The maximum absolute atomic E-state index is 12.1. The maximum Gasteiger partial charge on any atom is 0.407 e. The molecule has 2 atom stereocenters. The third-order valence-corrected chi connectivity index (χ3v) is 5.63. The van der Waals surface area contributed by atoms with Crippen LogP contribution in [0, 0.1) is 0 Å². The zero-order valence-corrected chi connectivity index (χ0v) is 20.8. The molecule has 1 aliphatic rings. The Balaban J connectivity index is 0.000000918. The quantitative estimate of drug-likeness (QED) is 0.457. The first-order valence-electron chi connectivity index (χ1n) is 12.1. The summed E-state index contributed by atoms with van der Waals surface area (Å²) in [5.74, 6) is -0.304. The molecule has 9 heteroatoms. The monoisotopic (exact) mass is 505 g/mol. The maximum atomic E-state index is 12.1. The summed E-state index contributed by atoms with van der Waals surface area (Å²) in [7, 11) is 2.13. The molecule has 0 saturated heterocycles. The third-order valence-electron chi connectivity index (χ3n) is 5.63. The van der Waals surface area contributed by atoms with Gasteiger partial charge in [-0.15, -0.1) is 0 Å². The number of carbonyl (C=O) groups excluding carboxylic acids is 3. The summed E-state index contributed by atoms with van der Waals surface area (Å²) >= 11 is 0. The number of alkyl carbamates (subject to hydrolysis) is 1. The van der Waals surface area contributed by atoms with Crippen LogP contribution in [0.5, 0.6) is 0 Å². The lowest BCUT2D eigenvalue weighted by molar-refractivity contribution is -0.123. The Labute approximate surface area is 215 Å². The van der Waals surface area contributed by atoms with Crippen LogP contribution in [0.2, 0.25) is 0 Å². The Hall–Kier alpha value is -3.46. The zero-order valence-electron chi connectivity index (χ0n) is 21.8. The summed E-state index contributed by atoms with van der Waals surface area (Å²) in [6.45, 7) is 3.95. The molecule has 3 rings (SSSR count). The minimum Gasteiger partial charge on any atom is -0.449 e. The van der Waals surface area contributed by atoms with Crippen molar-refractivity contribution in [1.82, 2.24) is 16.0 Å². The molecule has 5 N–H and O–H groups in total. The van der Waals surface area contributed by atoms with Gasteiger partial charge in [-0.3, -0.25) is 14.0 Å². The molecule has 0 bridgehead atoms. The highest BCUT2D eigenvalue weighted by Crippen LogP contribution is 2.44. The molecule has 1 aliphatic carbocycles. The number of likely N-dealkylation sites (N-methyl/N-ethyl adjacent to an activating group) is 2. The highest BCUT2D eigenvalue weighted by Gasteiger charge is 2.29. The van der Waals surface area contributed by atoms with E-state index in [1.165, 1.54) is 11.1 Å². The minimum atomic E-state index is -1.00. The Morgan fingerprint density at radius 2 is 1.44 bits per heavy atom. The highest BCUT2D eigenvalue weighted by atomic mass is 19.1. The molecule has 200 valence electrons. The van der Waals surface area contributed by atoms with E-state index in [0.29, 0.717) is 12.8 Å². The standard InChI is InChI=1S/C20H22N2O3.C5H12N2O.CH3F.CH4/c1-3-18(19(23)21-2)22-20(24)25-12-17-15-10-6-4-8-13(15)14-9-5-7-11-16(14)17;1-3-4(6)5(8)7-2;1-2;/h4-11,17-18H,3,12H2,1-2H3,(H,21,23)(H,22,24);4H,3,6H2,1-2H3,(H,7,8);1H3;1H4/i;;1D;. The molecular weight excluding hydrogens is 463 g/mol. The van der Waals surface area contributed by atoms with E-state index < -0.39 is 19.3 Å². The molecule has 0 fully saturated rings. The van der Waals surface area contributed by atoms with Crippen molar-refractivity contribution >= 4 is 17.9 Å². The fourth-order valence-corrected chi connectivity index (χ4v) is 3.68. The molecule has 0 aromatic heterocycles. The van der Waals surface area contributed by atoms with Crippen LogP contribution in [0.25, 0.3) is 11.1 Å². The van der Waals surface area contributed by atoms with E-state index in [1.54, 1.807) is 14.1 Å². The number of ether oxygens (including phenoxy) is 1. The van der Waals surface area contributed by atoms with Crippen molar-refractivity contribution in [2.75, 3.05) is 27.9 Å². The van der Waals surface area contributed by atoms with Gasteiger partial charge < -0.3 is 26.4 Å². The van der Waals surface area contributed by atoms with E-state index in [2.05, 4.69) is 40.2 Å². The van der Waals surface area contributed by atoms with Gasteiger partial charge >= 0.3 is 6.09 Å². The van der Waals surface area contributed by atoms with Crippen LogP contribution in [0.4, 0.5) is 9.18 Å². The summed E-state index contributed by atoms with van der Waals surface area (Å²) in [5.41, 5.74) is 10.0. The molecule has 0 spiro atoms. The topological polar surface area (TPSA) is 123 Å². The van der Waals surface area contributed by atoms with Crippen molar-refractivity contribution < 1.29 is 24.9 Å². The molecule has 36 heavy (non-hydrogen) atoms. The second kappa shape index (κ2) is 17.0. The lowest BCUT2D eigenvalue weighted by atomic mass is 9.98. The van der Waals surface area contributed by atoms with E-state index in [1.807, 2.05) is 38.1 Å². The Morgan fingerprint density at radius 3 is 1.83 bits per heavy atom. The first-order chi connectivity index (χ1) is 17.3. The number of nitrogens with two attached hydrogens (primary N) is 1. The number of carbonyl (C=O) groups is 3. The van der Waals surface area contributed by atoms with Crippen LogP contribution in [-0.4, -0.2) is 57.8 Å².